The van der Waals surface area contributed by atoms with Crippen molar-refractivity contribution in [2.45, 2.75) is 44.1 Å². The van der Waals surface area contributed by atoms with Crippen molar-refractivity contribution in [1.29, 1.82) is 5.41 Å². The fraction of sp³-hybridized carbons (Fsp3) is 0.533. The van der Waals surface area contributed by atoms with Crippen LogP contribution in [0.3, 0.4) is 0 Å². The van der Waals surface area contributed by atoms with Gasteiger partial charge in [0.1, 0.15) is 5.84 Å². The van der Waals surface area contributed by atoms with Crippen LogP contribution in [0.4, 0.5) is 0 Å². The summed E-state index contributed by atoms with van der Waals surface area (Å²) >= 11 is 0. The first kappa shape index (κ1) is 16.0. The minimum absolute atomic E-state index is 0.00600. The highest BCUT2D eigenvalue weighted by molar-refractivity contribution is 7.89. The zero-order chi connectivity index (χ0) is 15.5. The lowest BCUT2D eigenvalue weighted by atomic mass is 9.98. The second kappa shape index (κ2) is 6.15. The standard InChI is InChI=1S/C15H23N3O2S/c1-12(13-7-3-2-4-8-13)11-21(19,20)18-15(14(16)17)9-5-6-10-15/h2-4,7-8,12,18H,5-6,9-11H2,1H3,(H3,16,17). The van der Waals surface area contributed by atoms with E-state index in [2.05, 4.69) is 4.72 Å². The summed E-state index contributed by atoms with van der Waals surface area (Å²) in [7, 11) is -3.49. The number of sulfonamides is 1. The molecule has 0 spiro atoms. The highest BCUT2D eigenvalue weighted by atomic mass is 32.2. The molecule has 0 bridgehead atoms. The van der Waals surface area contributed by atoms with Crippen molar-refractivity contribution in [3.05, 3.63) is 35.9 Å². The first-order valence-corrected chi connectivity index (χ1v) is 8.91. The van der Waals surface area contributed by atoms with Crippen LogP contribution in [0.1, 0.15) is 44.1 Å². The van der Waals surface area contributed by atoms with Gasteiger partial charge in [-0.15, -0.1) is 0 Å². The molecule has 6 heteroatoms. The van der Waals surface area contributed by atoms with E-state index in [1.165, 1.54) is 0 Å². The summed E-state index contributed by atoms with van der Waals surface area (Å²) in [6, 6.07) is 9.57. The number of hydrogen-bond acceptors (Lipinski definition) is 3. The minimum atomic E-state index is -3.49. The molecule has 0 amide bonds. The lowest BCUT2D eigenvalue weighted by Gasteiger charge is -2.29. The predicted molar refractivity (Wildman–Crippen MR) is 84.9 cm³/mol. The predicted octanol–water partition coefficient (Wildman–Crippen LogP) is 1.96. The van der Waals surface area contributed by atoms with E-state index < -0.39 is 15.6 Å². The molecule has 1 fully saturated rings. The SMILES string of the molecule is CC(CS(=O)(=O)NC1(C(=N)N)CCCC1)c1ccccc1. The van der Waals surface area contributed by atoms with Crippen molar-refractivity contribution in [2.75, 3.05) is 5.75 Å². The van der Waals surface area contributed by atoms with Crippen molar-refractivity contribution >= 4 is 15.9 Å². The third-order valence-corrected chi connectivity index (χ3v) is 5.80. The Kier molecular flexibility index (Phi) is 4.68. The van der Waals surface area contributed by atoms with Gasteiger partial charge in [0.2, 0.25) is 10.0 Å². The van der Waals surface area contributed by atoms with Gasteiger partial charge >= 0.3 is 0 Å². The Morgan fingerprint density at radius 1 is 1.33 bits per heavy atom. The Bertz CT molecular complexity index is 593. The maximum Gasteiger partial charge on any atom is 0.213 e. The summed E-state index contributed by atoms with van der Waals surface area (Å²) in [5.41, 5.74) is 5.76. The molecule has 1 aliphatic carbocycles. The van der Waals surface area contributed by atoms with Gasteiger partial charge in [0.05, 0.1) is 11.3 Å². The van der Waals surface area contributed by atoms with Crippen LogP contribution in [0.25, 0.3) is 0 Å². The summed E-state index contributed by atoms with van der Waals surface area (Å²) < 4.78 is 27.5. The number of nitrogens with two attached hydrogens (primary N) is 1. The molecule has 1 aliphatic rings. The van der Waals surface area contributed by atoms with Crippen LogP contribution in [-0.4, -0.2) is 25.5 Å². The Morgan fingerprint density at radius 3 is 2.43 bits per heavy atom. The fourth-order valence-corrected chi connectivity index (χ4v) is 4.79. The van der Waals surface area contributed by atoms with E-state index in [0.717, 1.165) is 18.4 Å². The van der Waals surface area contributed by atoms with Crippen molar-refractivity contribution in [3.8, 4) is 0 Å². The van der Waals surface area contributed by atoms with E-state index in [1.807, 2.05) is 37.3 Å². The molecule has 1 atom stereocenters. The van der Waals surface area contributed by atoms with Crippen LogP contribution in [0, 0.1) is 5.41 Å². The van der Waals surface area contributed by atoms with Crippen LogP contribution in [-0.2, 0) is 10.0 Å². The van der Waals surface area contributed by atoms with E-state index in [9.17, 15) is 8.42 Å². The summed E-state index contributed by atoms with van der Waals surface area (Å²) in [4.78, 5) is 0. The van der Waals surface area contributed by atoms with Gasteiger partial charge in [0.15, 0.2) is 0 Å². The average molecular weight is 309 g/mol. The van der Waals surface area contributed by atoms with Gasteiger partial charge in [-0.1, -0.05) is 50.1 Å². The molecular formula is C15H23N3O2S. The van der Waals surface area contributed by atoms with Crippen molar-refractivity contribution in [2.24, 2.45) is 5.73 Å². The molecule has 116 valence electrons. The summed E-state index contributed by atoms with van der Waals surface area (Å²) in [5.74, 6) is -0.170. The second-order valence-corrected chi connectivity index (χ2v) is 7.67. The van der Waals surface area contributed by atoms with Crippen molar-refractivity contribution in [3.63, 3.8) is 0 Å². The maximum absolute atomic E-state index is 12.4. The van der Waals surface area contributed by atoms with Crippen LogP contribution < -0.4 is 10.5 Å². The zero-order valence-corrected chi connectivity index (χ0v) is 13.1. The van der Waals surface area contributed by atoms with Crippen LogP contribution in [0.5, 0.6) is 0 Å². The second-order valence-electron chi connectivity index (χ2n) is 5.90. The normalized spacial score (nSPS) is 19.3. The largest absolute Gasteiger partial charge is 0.386 e. The van der Waals surface area contributed by atoms with E-state index in [0.29, 0.717) is 12.8 Å². The number of benzene rings is 1. The van der Waals surface area contributed by atoms with E-state index in [4.69, 9.17) is 11.1 Å². The van der Waals surface area contributed by atoms with E-state index in [1.54, 1.807) is 0 Å². The minimum Gasteiger partial charge on any atom is -0.386 e. The molecule has 0 saturated heterocycles. The Labute approximate surface area is 126 Å². The van der Waals surface area contributed by atoms with Gasteiger partial charge in [-0.3, -0.25) is 5.41 Å². The van der Waals surface area contributed by atoms with Gasteiger partial charge in [0.25, 0.3) is 0 Å². The summed E-state index contributed by atoms with van der Waals surface area (Å²) in [6.07, 6.45) is 3.02. The third kappa shape index (κ3) is 3.83. The van der Waals surface area contributed by atoms with Crippen LogP contribution >= 0.6 is 0 Å². The Balaban J connectivity index is 2.10. The Hall–Kier alpha value is -1.40. The summed E-state index contributed by atoms with van der Waals surface area (Å²) in [6.45, 7) is 1.89. The van der Waals surface area contributed by atoms with Crippen LogP contribution in [0.15, 0.2) is 30.3 Å². The lowest BCUT2D eigenvalue weighted by molar-refractivity contribution is 0.494. The number of hydrogen-bond donors (Lipinski definition) is 3. The topological polar surface area (TPSA) is 96.0 Å². The molecule has 1 aromatic rings. The van der Waals surface area contributed by atoms with Gasteiger partial charge in [-0.05, 0) is 24.3 Å². The molecule has 5 nitrogen and oxygen atoms in total. The third-order valence-electron chi connectivity index (χ3n) is 4.16. The molecule has 0 aliphatic heterocycles. The lowest BCUT2D eigenvalue weighted by Crippen LogP contribution is -2.55. The first-order valence-electron chi connectivity index (χ1n) is 7.26. The first-order chi connectivity index (χ1) is 9.85. The van der Waals surface area contributed by atoms with Crippen molar-refractivity contribution < 1.29 is 8.42 Å². The van der Waals surface area contributed by atoms with Crippen molar-refractivity contribution in [1.82, 2.24) is 4.72 Å². The highest BCUT2D eigenvalue weighted by Gasteiger charge is 2.40. The molecule has 0 heterocycles. The molecule has 2 rings (SSSR count). The zero-order valence-electron chi connectivity index (χ0n) is 12.3. The number of amidine groups is 1. The molecule has 0 aromatic heterocycles. The smallest absolute Gasteiger partial charge is 0.213 e. The van der Waals surface area contributed by atoms with Crippen LogP contribution in [0.2, 0.25) is 0 Å². The molecule has 0 radical (unpaired) electrons. The fourth-order valence-electron chi connectivity index (χ4n) is 2.95. The molecule has 1 unspecified atom stereocenters. The maximum atomic E-state index is 12.4. The average Bonchev–Trinajstić information content (AvgIpc) is 2.88. The van der Waals surface area contributed by atoms with E-state index in [-0.39, 0.29) is 17.5 Å². The van der Waals surface area contributed by atoms with Gasteiger partial charge < -0.3 is 5.73 Å². The number of nitrogens with one attached hydrogen (secondary N) is 2. The molecule has 21 heavy (non-hydrogen) atoms. The molecule has 1 saturated carbocycles. The van der Waals surface area contributed by atoms with Gasteiger partial charge in [-0.25, -0.2) is 13.1 Å². The van der Waals surface area contributed by atoms with E-state index >= 15 is 0 Å². The quantitative estimate of drug-likeness (QED) is 0.553. The van der Waals surface area contributed by atoms with Gasteiger partial charge in [0, 0.05) is 0 Å². The molecule has 1 aromatic carbocycles. The highest BCUT2D eigenvalue weighted by Crippen LogP contribution is 2.30. The molecular weight excluding hydrogens is 286 g/mol. The number of rotatable bonds is 6. The monoisotopic (exact) mass is 309 g/mol. The Morgan fingerprint density at radius 2 is 1.90 bits per heavy atom. The van der Waals surface area contributed by atoms with Gasteiger partial charge in [-0.2, -0.15) is 0 Å². The summed E-state index contributed by atoms with van der Waals surface area (Å²) in [5, 5.41) is 7.72. The molecule has 4 N–H and O–H groups in total.